The maximum Gasteiger partial charge on any atom is 0.341 e. The van der Waals surface area contributed by atoms with E-state index < -0.39 is 5.97 Å². The number of methoxy groups -OCH3 is 1. The largest absolute Gasteiger partial charge is 0.465 e. The molecule has 3 aromatic rings. The van der Waals surface area contributed by atoms with E-state index in [0.717, 1.165) is 15.2 Å². The maximum atomic E-state index is 11.9. The Labute approximate surface area is 142 Å². The third-order valence-electron chi connectivity index (χ3n) is 3.40. The van der Waals surface area contributed by atoms with E-state index in [-0.39, 0.29) is 30.3 Å². The van der Waals surface area contributed by atoms with Crippen LogP contribution in [0.5, 0.6) is 0 Å². The van der Waals surface area contributed by atoms with Gasteiger partial charge >= 0.3 is 11.9 Å². The first-order chi connectivity index (χ1) is 11.7. The number of thiazole rings is 1. The summed E-state index contributed by atoms with van der Waals surface area (Å²) in [4.78, 5) is 27.9. The summed E-state index contributed by atoms with van der Waals surface area (Å²) in [5.41, 5.74) is 1.20. The third kappa shape index (κ3) is 3.62. The molecule has 24 heavy (non-hydrogen) atoms. The summed E-state index contributed by atoms with van der Waals surface area (Å²) >= 11 is 1.57. The molecule has 0 radical (unpaired) electrons. The van der Waals surface area contributed by atoms with Gasteiger partial charge in [-0.3, -0.25) is 4.79 Å². The van der Waals surface area contributed by atoms with Crippen molar-refractivity contribution < 1.29 is 23.5 Å². The van der Waals surface area contributed by atoms with Crippen molar-refractivity contribution in [3.05, 3.63) is 52.9 Å². The molecule has 0 fully saturated rings. The summed E-state index contributed by atoms with van der Waals surface area (Å²) in [6.07, 6.45) is 2.09. The van der Waals surface area contributed by atoms with Crippen molar-refractivity contribution in [2.24, 2.45) is 0 Å². The number of rotatable bonds is 6. The fourth-order valence-electron chi connectivity index (χ4n) is 2.20. The summed E-state index contributed by atoms with van der Waals surface area (Å²) < 4.78 is 16.0. The number of carbonyl (C=O) groups excluding carboxylic acids is 2. The van der Waals surface area contributed by atoms with Gasteiger partial charge in [-0.2, -0.15) is 0 Å². The van der Waals surface area contributed by atoms with Crippen LogP contribution < -0.4 is 0 Å². The number of furan rings is 1. The highest BCUT2D eigenvalue weighted by Crippen LogP contribution is 2.22. The maximum absolute atomic E-state index is 11.9. The lowest BCUT2D eigenvalue weighted by atomic mass is 10.2. The Morgan fingerprint density at radius 1 is 1.25 bits per heavy atom. The molecule has 6 nitrogen and oxygen atoms in total. The average Bonchev–Trinajstić information content (AvgIpc) is 3.23. The zero-order chi connectivity index (χ0) is 16.9. The molecule has 2 aromatic heterocycles. The van der Waals surface area contributed by atoms with E-state index in [4.69, 9.17) is 9.15 Å². The number of carbonyl (C=O) groups is 2. The molecule has 0 N–H and O–H groups in total. The highest BCUT2D eigenvalue weighted by Gasteiger charge is 2.16. The van der Waals surface area contributed by atoms with Crippen LogP contribution in [0.1, 0.15) is 27.5 Å². The van der Waals surface area contributed by atoms with Gasteiger partial charge in [0.05, 0.1) is 35.0 Å². The molecular weight excluding hydrogens is 330 g/mol. The minimum atomic E-state index is -0.524. The number of benzene rings is 1. The van der Waals surface area contributed by atoms with Crippen LogP contribution in [0.2, 0.25) is 0 Å². The van der Waals surface area contributed by atoms with Crippen molar-refractivity contribution in [1.82, 2.24) is 4.98 Å². The molecule has 0 saturated carbocycles. The number of fused-ring (bicyclic) bond motifs is 1. The number of aryl methyl sites for hydroxylation is 1. The van der Waals surface area contributed by atoms with Gasteiger partial charge in [0.2, 0.25) is 0 Å². The second-order valence-corrected chi connectivity index (χ2v) is 6.10. The van der Waals surface area contributed by atoms with E-state index in [1.54, 1.807) is 11.3 Å². The Bertz CT molecular complexity index is 834. The van der Waals surface area contributed by atoms with E-state index >= 15 is 0 Å². The molecule has 0 aliphatic heterocycles. The van der Waals surface area contributed by atoms with Gasteiger partial charge in [0, 0.05) is 6.42 Å². The number of aromatic nitrogens is 1. The van der Waals surface area contributed by atoms with Crippen molar-refractivity contribution in [3.63, 3.8) is 0 Å². The standard InChI is InChI=1S/C17H15NO5S/c1-21-17(20)11-8-9-22-13(11)10-23-16(19)7-6-15-18-12-4-2-3-5-14(12)24-15/h2-5,8-9H,6-7,10H2,1H3. The number of hydrogen-bond donors (Lipinski definition) is 0. The van der Waals surface area contributed by atoms with Gasteiger partial charge < -0.3 is 13.9 Å². The fraction of sp³-hybridized carbons (Fsp3) is 0.235. The van der Waals surface area contributed by atoms with Crippen molar-refractivity contribution in [1.29, 1.82) is 0 Å². The number of hydrogen-bond acceptors (Lipinski definition) is 7. The molecule has 0 atom stereocenters. The molecule has 7 heteroatoms. The molecular formula is C17H15NO5S. The predicted octanol–water partition coefficient (Wildman–Crippen LogP) is 3.35. The van der Waals surface area contributed by atoms with Gasteiger partial charge in [-0.15, -0.1) is 11.3 Å². The van der Waals surface area contributed by atoms with Crippen LogP contribution in [-0.2, 0) is 27.3 Å². The van der Waals surface area contributed by atoms with Crippen molar-refractivity contribution in [2.45, 2.75) is 19.4 Å². The van der Waals surface area contributed by atoms with Gasteiger partial charge in [-0.05, 0) is 18.2 Å². The quantitative estimate of drug-likeness (QED) is 0.638. The highest BCUT2D eigenvalue weighted by molar-refractivity contribution is 7.18. The Hall–Kier alpha value is -2.67. The summed E-state index contributed by atoms with van der Waals surface area (Å²) in [6, 6.07) is 9.32. The van der Waals surface area contributed by atoms with Crippen LogP contribution in [0.4, 0.5) is 0 Å². The first-order valence-electron chi connectivity index (χ1n) is 7.32. The number of esters is 2. The van der Waals surface area contributed by atoms with E-state index in [1.807, 2.05) is 24.3 Å². The average molecular weight is 345 g/mol. The second-order valence-electron chi connectivity index (χ2n) is 4.99. The van der Waals surface area contributed by atoms with E-state index in [9.17, 15) is 9.59 Å². The second kappa shape index (κ2) is 7.27. The van der Waals surface area contributed by atoms with Gasteiger partial charge in [0.1, 0.15) is 12.2 Å². The molecule has 0 aliphatic rings. The lowest BCUT2D eigenvalue weighted by Crippen LogP contribution is -2.08. The molecule has 0 spiro atoms. The van der Waals surface area contributed by atoms with Crippen molar-refractivity contribution >= 4 is 33.5 Å². The van der Waals surface area contributed by atoms with Crippen molar-refractivity contribution in [2.75, 3.05) is 7.11 Å². The molecule has 2 heterocycles. The molecule has 3 rings (SSSR count). The summed E-state index contributed by atoms with van der Waals surface area (Å²) in [7, 11) is 1.28. The zero-order valence-electron chi connectivity index (χ0n) is 13.0. The van der Waals surface area contributed by atoms with Crippen LogP contribution in [0.15, 0.2) is 41.0 Å². The SMILES string of the molecule is COC(=O)c1ccoc1COC(=O)CCc1nc2ccccc2s1. The van der Waals surface area contributed by atoms with Crippen LogP contribution in [-0.4, -0.2) is 24.0 Å². The normalized spacial score (nSPS) is 10.7. The first kappa shape index (κ1) is 16.2. The zero-order valence-corrected chi connectivity index (χ0v) is 13.8. The molecule has 0 bridgehead atoms. The topological polar surface area (TPSA) is 78.6 Å². The monoisotopic (exact) mass is 345 g/mol. The third-order valence-corrected chi connectivity index (χ3v) is 4.49. The smallest absolute Gasteiger partial charge is 0.341 e. The van der Waals surface area contributed by atoms with Crippen LogP contribution in [0, 0.1) is 0 Å². The van der Waals surface area contributed by atoms with Gasteiger partial charge in [-0.25, -0.2) is 9.78 Å². The van der Waals surface area contributed by atoms with Gasteiger partial charge in [-0.1, -0.05) is 12.1 Å². The molecule has 124 valence electrons. The number of nitrogens with zero attached hydrogens (tertiary/aromatic N) is 1. The fourth-order valence-corrected chi connectivity index (χ4v) is 3.17. The lowest BCUT2D eigenvalue weighted by molar-refractivity contribution is -0.145. The van der Waals surface area contributed by atoms with Crippen molar-refractivity contribution in [3.8, 4) is 0 Å². The minimum Gasteiger partial charge on any atom is -0.465 e. The Morgan fingerprint density at radius 2 is 2.08 bits per heavy atom. The van der Waals surface area contributed by atoms with E-state index in [2.05, 4.69) is 9.72 Å². The summed E-state index contributed by atoms with van der Waals surface area (Å²) in [6.45, 7) is -0.101. The van der Waals surface area contributed by atoms with Crippen LogP contribution in [0.3, 0.4) is 0 Å². The van der Waals surface area contributed by atoms with E-state index in [0.29, 0.717) is 6.42 Å². The molecule has 0 unspecified atom stereocenters. The highest BCUT2D eigenvalue weighted by atomic mass is 32.1. The molecule has 0 saturated heterocycles. The number of ether oxygens (including phenoxy) is 2. The Kier molecular flexibility index (Phi) is 4.90. The Balaban J connectivity index is 1.53. The first-order valence-corrected chi connectivity index (χ1v) is 8.14. The van der Waals surface area contributed by atoms with Crippen LogP contribution >= 0.6 is 11.3 Å². The predicted molar refractivity (Wildman–Crippen MR) is 87.8 cm³/mol. The van der Waals surface area contributed by atoms with Gasteiger partial charge in [0.25, 0.3) is 0 Å². The molecule has 0 amide bonds. The minimum absolute atomic E-state index is 0.101. The Morgan fingerprint density at radius 3 is 2.88 bits per heavy atom. The van der Waals surface area contributed by atoms with Crippen LogP contribution in [0.25, 0.3) is 10.2 Å². The summed E-state index contributed by atoms with van der Waals surface area (Å²) in [5.74, 6) is -0.624. The molecule has 1 aromatic carbocycles. The van der Waals surface area contributed by atoms with Gasteiger partial charge in [0.15, 0.2) is 5.76 Å². The lowest BCUT2D eigenvalue weighted by Gasteiger charge is -2.03. The summed E-state index contributed by atoms with van der Waals surface area (Å²) in [5, 5.41) is 0.890. The number of para-hydroxylation sites is 1. The molecule has 0 aliphatic carbocycles. The van der Waals surface area contributed by atoms with E-state index in [1.165, 1.54) is 19.4 Å².